The quantitative estimate of drug-likeness (QED) is 0.227. The van der Waals surface area contributed by atoms with E-state index in [2.05, 4.69) is 27.0 Å². The lowest BCUT2D eigenvalue weighted by molar-refractivity contribution is -0.137. The molecule has 1 aromatic rings. The Morgan fingerprint density at radius 3 is 1.96 bits per heavy atom. The molecule has 28 heavy (non-hydrogen) atoms. The zero-order chi connectivity index (χ0) is 22.0. The Kier molecular flexibility index (Phi) is 17.6. The highest BCUT2D eigenvalue weighted by molar-refractivity contribution is 5.89. The molecule has 0 unspecified atom stereocenters. The molecule has 0 saturated carbocycles. The number of hydrogen-bond donors (Lipinski definition) is 0. The Morgan fingerprint density at radius 2 is 1.54 bits per heavy atom. The van der Waals surface area contributed by atoms with Crippen LogP contribution in [0.2, 0.25) is 0 Å². The molecule has 0 aliphatic carbocycles. The largest absolute Gasteiger partial charge is 0.462 e. The molecule has 0 aromatic heterocycles. The summed E-state index contributed by atoms with van der Waals surface area (Å²) in [6.45, 7) is 14.1. The van der Waals surface area contributed by atoms with E-state index in [-0.39, 0.29) is 13.0 Å². The van der Waals surface area contributed by atoms with Crippen LogP contribution in [0.4, 0.5) is 13.2 Å². The molecule has 162 valence electrons. The van der Waals surface area contributed by atoms with Crippen molar-refractivity contribution >= 4 is 5.97 Å². The Hall–Kier alpha value is -1.78. The van der Waals surface area contributed by atoms with Gasteiger partial charge < -0.3 is 4.74 Å². The smallest absolute Gasteiger partial charge is 0.389 e. The molecule has 0 spiro atoms. The fourth-order valence-corrected chi connectivity index (χ4v) is 2.80. The molecule has 0 radical (unpaired) electrons. The van der Waals surface area contributed by atoms with Gasteiger partial charge in [0.15, 0.2) is 0 Å². The number of ether oxygens (including phenoxy) is 1. The number of carbonyl (C=O) groups excluding carboxylic acids is 1. The highest BCUT2D eigenvalue weighted by Gasteiger charge is 2.26. The molecule has 0 saturated heterocycles. The van der Waals surface area contributed by atoms with Crippen LogP contribution in [0.3, 0.4) is 0 Å². The first-order valence-electron chi connectivity index (χ1n) is 10.2. The van der Waals surface area contributed by atoms with Crippen LogP contribution in [0.5, 0.6) is 0 Å². The topological polar surface area (TPSA) is 26.3 Å². The molecule has 0 bridgehead atoms. The van der Waals surface area contributed by atoms with E-state index in [9.17, 15) is 18.0 Å². The van der Waals surface area contributed by atoms with Gasteiger partial charge in [-0.1, -0.05) is 65.5 Å². The maximum Gasteiger partial charge on any atom is 0.389 e. The van der Waals surface area contributed by atoms with Crippen molar-refractivity contribution in [3.63, 3.8) is 0 Å². The lowest BCUT2D eigenvalue weighted by Gasteiger charge is -2.15. The average molecular weight is 403 g/mol. The summed E-state index contributed by atoms with van der Waals surface area (Å²) < 4.78 is 40.9. The van der Waals surface area contributed by atoms with Gasteiger partial charge in [0.1, 0.15) is 0 Å². The van der Waals surface area contributed by atoms with Crippen molar-refractivity contribution < 1.29 is 22.7 Å². The molecule has 1 rings (SSSR count). The third kappa shape index (κ3) is 14.3. The van der Waals surface area contributed by atoms with Gasteiger partial charge in [-0.3, -0.25) is 0 Å². The highest BCUT2D eigenvalue weighted by Crippen LogP contribution is 2.22. The maximum absolute atomic E-state index is 12.0. The molecule has 0 aliphatic rings. The van der Waals surface area contributed by atoms with Crippen LogP contribution in [0.1, 0.15) is 82.1 Å². The normalized spacial score (nSPS) is 10.4. The molecule has 0 heterocycles. The predicted octanol–water partition coefficient (Wildman–Crippen LogP) is 7.77. The molecule has 1 aromatic carbocycles. The third-order valence-corrected chi connectivity index (χ3v) is 3.95. The Morgan fingerprint density at radius 1 is 1.04 bits per heavy atom. The Balaban J connectivity index is 0. The van der Waals surface area contributed by atoms with E-state index < -0.39 is 18.6 Å². The van der Waals surface area contributed by atoms with Crippen molar-refractivity contribution in [2.75, 3.05) is 6.61 Å². The minimum atomic E-state index is -4.21. The molecular formula is C23H37F3O2. The predicted molar refractivity (Wildman–Crippen MR) is 112 cm³/mol. The highest BCUT2D eigenvalue weighted by atomic mass is 19.4. The van der Waals surface area contributed by atoms with Crippen LogP contribution in [0, 0.1) is 5.92 Å². The van der Waals surface area contributed by atoms with Crippen LogP contribution in [-0.2, 0) is 11.2 Å². The van der Waals surface area contributed by atoms with E-state index in [0.29, 0.717) is 11.5 Å². The van der Waals surface area contributed by atoms with Gasteiger partial charge in [0.25, 0.3) is 0 Å². The van der Waals surface area contributed by atoms with Gasteiger partial charge in [-0.25, -0.2) is 4.79 Å². The number of alkyl halides is 3. The van der Waals surface area contributed by atoms with Gasteiger partial charge in [-0.15, -0.1) is 13.2 Å². The summed E-state index contributed by atoms with van der Waals surface area (Å²) in [5.74, 6) is 0.0857. The SMILES string of the molecule is C=C.CC.CCCC(CCC)Cc1ccc(C(=O)OCCCC(F)(F)F)cc1. The molecule has 0 fully saturated rings. The second kappa shape index (κ2) is 17.3. The molecule has 0 aliphatic heterocycles. The van der Waals surface area contributed by atoms with Crippen LogP contribution in [0.25, 0.3) is 0 Å². The maximum atomic E-state index is 12.0. The van der Waals surface area contributed by atoms with E-state index >= 15 is 0 Å². The van der Waals surface area contributed by atoms with E-state index in [1.807, 2.05) is 26.0 Å². The zero-order valence-electron chi connectivity index (χ0n) is 17.9. The zero-order valence-corrected chi connectivity index (χ0v) is 17.9. The van der Waals surface area contributed by atoms with Crippen molar-refractivity contribution in [2.45, 2.75) is 78.8 Å². The fraction of sp³-hybridized carbons (Fsp3) is 0.609. The summed E-state index contributed by atoms with van der Waals surface area (Å²) in [7, 11) is 0. The van der Waals surface area contributed by atoms with Crippen LogP contribution >= 0.6 is 0 Å². The first-order chi connectivity index (χ1) is 13.4. The van der Waals surface area contributed by atoms with Crippen LogP contribution in [0.15, 0.2) is 37.4 Å². The number of carbonyl (C=O) groups is 1. The summed E-state index contributed by atoms with van der Waals surface area (Å²) in [6, 6.07) is 7.20. The Bertz CT molecular complexity index is 490. The minimum Gasteiger partial charge on any atom is -0.462 e. The van der Waals surface area contributed by atoms with Crippen LogP contribution in [-0.4, -0.2) is 18.8 Å². The number of rotatable bonds is 10. The average Bonchev–Trinajstić information content (AvgIpc) is 2.68. The van der Waals surface area contributed by atoms with Gasteiger partial charge >= 0.3 is 12.1 Å². The summed E-state index contributed by atoms with van der Waals surface area (Å²) in [4.78, 5) is 11.8. The fourth-order valence-electron chi connectivity index (χ4n) is 2.80. The molecule has 2 nitrogen and oxygen atoms in total. The van der Waals surface area contributed by atoms with Crippen molar-refractivity contribution in [2.24, 2.45) is 5.92 Å². The van der Waals surface area contributed by atoms with Crippen molar-refractivity contribution in [3.8, 4) is 0 Å². The van der Waals surface area contributed by atoms with Crippen molar-refractivity contribution in [1.29, 1.82) is 0 Å². The van der Waals surface area contributed by atoms with Crippen molar-refractivity contribution in [1.82, 2.24) is 0 Å². The molecule has 0 atom stereocenters. The second-order valence-electron chi connectivity index (χ2n) is 6.20. The number of halogens is 3. The van der Waals surface area contributed by atoms with Crippen LogP contribution < -0.4 is 0 Å². The van der Waals surface area contributed by atoms with Gasteiger partial charge in [-0.2, -0.15) is 13.2 Å². The second-order valence-corrected chi connectivity index (χ2v) is 6.20. The van der Waals surface area contributed by atoms with Gasteiger partial charge in [0.2, 0.25) is 0 Å². The molecule has 0 N–H and O–H groups in total. The van der Waals surface area contributed by atoms with Gasteiger partial charge in [0.05, 0.1) is 12.2 Å². The van der Waals surface area contributed by atoms with E-state index in [4.69, 9.17) is 4.74 Å². The van der Waals surface area contributed by atoms with E-state index in [1.54, 1.807) is 12.1 Å². The summed E-state index contributed by atoms with van der Waals surface area (Å²) in [6.07, 6.45) is 0.344. The number of esters is 1. The monoisotopic (exact) mass is 402 g/mol. The number of hydrogen-bond acceptors (Lipinski definition) is 2. The molecule has 5 heteroatoms. The first kappa shape index (κ1) is 28.4. The van der Waals surface area contributed by atoms with E-state index in [0.717, 1.165) is 19.3 Å². The lowest BCUT2D eigenvalue weighted by atomic mass is 9.91. The first-order valence-corrected chi connectivity index (χ1v) is 10.2. The van der Waals surface area contributed by atoms with Crippen molar-refractivity contribution in [3.05, 3.63) is 48.6 Å². The van der Waals surface area contributed by atoms with Gasteiger partial charge in [0, 0.05) is 6.42 Å². The summed E-state index contributed by atoms with van der Waals surface area (Å²) >= 11 is 0. The molecular weight excluding hydrogens is 365 g/mol. The van der Waals surface area contributed by atoms with Gasteiger partial charge in [-0.05, 0) is 36.5 Å². The lowest BCUT2D eigenvalue weighted by Crippen LogP contribution is -2.11. The third-order valence-electron chi connectivity index (χ3n) is 3.95. The number of benzene rings is 1. The standard InChI is InChI=1S/C19H27F3O2.C2H6.C2H4/c1-3-6-15(7-4-2)14-16-8-10-17(11-9-16)18(23)24-13-5-12-19(20,21)22;2*1-2/h8-11,15H,3-7,12-14H2,1-2H3;1-2H3;1-2H2. The Labute approximate surface area is 169 Å². The molecule has 0 amide bonds. The summed E-state index contributed by atoms with van der Waals surface area (Å²) in [5.41, 5.74) is 1.56. The van der Waals surface area contributed by atoms with E-state index in [1.165, 1.54) is 18.4 Å². The summed E-state index contributed by atoms with van der Waals surface area (Å²) in [5, 5.41) is 0. The minimum absolute atomic E-state index is 0.205.